The fourth-order valence-electron chi connectivity index (χ4n) is 2.91. The van der Waals surface area contributed by atoms with Crippen LogP contribution in [0.4, 0.5) is 0 Å². The van der Waals surface area contributed by atoms with Crippen molar-refractivity contribution in [2.45, 2.75) is 33.2 Å². The minimum absolute atomic E-state index is 0. The molecule has 0 unspecified atom stereocenters. The Bertz CT molecular complexity index is 731. The standard InChI is InChI=1S/C19H25N5O.HI/c1-3-20-19(21-14-18-22-15(2)25-23-18)24-11-9-17(10-12-24)13-16-7-5-4-6-8-16;/h4-8,13H,3,9-12,14H2,1-2H3,(H,20,21);1H. The highest BCUT2D eigenvalue weighted by Gasteiger charge is 2.17. The van der Waals surface area contributed by atoms with E-state index in [2.05, 4.69) is 68.7 Å². The molecule has 6 nitrogen and oxygen atoms in total. The third-order valence-corrected chi connectivity index (χ3v) is 4.15. The lowest BCUT2D eigenvalue weighted by Gasteiger charge is -2.31. The summed E-state index contributed by atoms with van der Waals surface area (Å²) in [6, 6.07) is 10.5. The molecule has 0 spiro atoms. The van der Waals surface area contributed by atoms with Crippen molar-refractivity contribution in [3.8, 4) is 0 Å². The van der Waals surface area contributed by atoms with Gasteiger partial charge in [-0.2, -0.15) is 4.98 Å². The molecular formula is C19H26IN5O. The molecule has 1 aliphatic rings. The molecule has 1 aromatic carbocycles. The molecule has 1 fully saturated rings. The fraction of sp³-hybridized carbons (Fsp3) is 0.421. The van der Waals surface area contributed by atoms with E-state index in [9.17, 15) is 0 Å². The summed E-state index contributed by atoms with van der Waals surface area (Å²) in [5, 5.41) is 7.27. The zero-order valence-corrected chi connectivity index (χ0v) is 17.6. The Balaban J connectivity index is 0.00000243. The van der Waals surface area contributed by atoms with Crippen molar-refractivity contribution in [1.82, 2.24) is 20.4 Å². The summed E-state index contributed by atoms with van der Waals surface area (Å²) in [5.41, 5.74) is 2.77. The van der Waals surface area contributed by atoms with Gasteiger partial charge in [0.05, 0.1) is 0 Å². The van der Waals surface area contributed by atoms with Crippen LogP contribution in [0.1, 0.15) is 37.0 Å². The fourth-order valence-corrected chi connectivity index (χ4v) is 2.91. The quantitative estimate of drug-likeness (QED) is 0.423. The lowest BCUT2D eigenvalue weighted by atomic mass is 10.0. The Morgan fingerprint density at radius 2 is 2.00 bits per heavy atom. The number of halogens is 1. The number of rotatable bonds is 4. The Hall–Kier alpha value is -1.90. The number of aryl methyl sites for hydroxylation is 1. The van der Waals surface area contributed by atoms with Crippen molar-refractivity contribution in [3.05, 3.63) is 53.2 Å². The number of piperidine rings is 1. The van der Waals surface area contributed by atoms with Gasteiger partial charge < -0.3 is 14.7 Å². The van der Waals surface area contributed by atoms with E-state index in [0.29, 0.717) is 18.3 Å². The van der Waals surface area contributed by atoms with Crippen molar-refractivity contribution in [3.63, 3.8) is 0 Å². The number of aromatic nitrogens is 2. The number of hydrogen-bond acceptors (Lipinski definition) is 4. The van der Waals surface area contributed by atoms with Crippen molar-refractivity contribution in [1.29, 1.82) is 0 Å². The maximum absolute atomic E-state index is 5.00. The second-order valence-electron chi connectivity index (χ2n) is 6.10. The summed E-state index contributed by atoms with van der Waals surface area (Å²) in [4.78, 5) is 11.2. The van der Waals surface area contributed by atoms with E-state index in [1.54, 1.807) is 6.92 Å². The van der Waals surface area contributed by atoms with Crippen LogP contribution in [0.5, 0.6) is 0 Å². The third kappa shape index (κ3) is 5.82. The smallest absolute Gasteiger partial charge is 0.223 e. The van der Waals surface area contributed by atoms with Crippen LogP contribution in [0.2, 0.25) is 0 Å². The summed E-state index contributed by atoms with van der Waals surface area (Å²) >= 11 is 0. The molecule has 0 amide bonds. The molecule has 1 saturated heterocycles. The van der Waals surface area contributed by atoms with Gasteiger partial charge in [-0.25, -0.2) is 4.99 Å². The molecule has 0 aliphatic carbocycles. The van der Waals surface area contributed by atoms with Gasteiger partial charge in [0, 0.05) is 26.6 Å². The van der Waals surface area contributed by atoms with Gasteiger partial charge in [-0.1, -0.05) is 47.1 Å². The number of nitrogens with one attached hydrogen (secondary N) is 1. The van der Waals surface area contributed by atoms with Gasteiger partial charge in [-0.05, 0) is 25.3 Å². The third-order valence-electron chi connectivity index (χ3n) is 4.15. The topological polar surface area (TPSA) is 66.5 Å². The molecule has 0 saturated carbocycles. The van der Waals surface area contributed by atoms with E-state index in [0.717, 1.165) is 38.4 Å². The van der Waals surface area contributed by atoms with Crippen LogP contribution < -0.4 is 5.32 Å². The molecule has 7 heteroatoms. The molecular weight excluding hydrogens is 441 g/mol. The SMILES string of the molecule is CCNC(=NCc1noc(C)n1)N1CCC(=Cc2ccccc2)CC1.I. The Morgan fingerprint density at radius 3 is 2.62 bits per heavy atom. The van der Waals surface area contributed by atoms with Crippen molar-refractivity contribution in [2.24, 2.45) is 4.99 Å². The van der Waals surface area contributed by atoms with Gasteiger partial charge >= 0.3 is 0 Å². The minimum atomic E-state index is 0. The lowest BCUT2D eigenvalue weighted by molar-refractivity contribution is 0.374. The Labute approximate surface area is 171 Å². The predicted molar refractivity (Wildman–Crippen MR) is 114 cm³/mol. The first-order valence-corrected chi connectivity index (χ1v) is 8.81. The van der Waals surface area contributed by atoms with Gasteiger partial charge in [0.2, 0.25) is 5.89 Å². The van der Waals surface area contributed by atoms with Crippen LogP contribution in [-0.2, 0) is 6.54 Å². The lowest BCUT2D eigenvalue weighted by Crippen LogP contribution is -2.44. The van der Waals surface area contributed by atoms with Gasteiger partial charge in [0.25, 0.3) is 0 Å². The summed E-state index contributed by atoms with van der Waals surface area (Å²) in [5.74, 6) is 2.11. The van der Waals surface area contributed by atoms with Crippen LogP contribution in [0.25, 0.3) is 6.08 Å². The molecule has 0 radical (unpaired) electrons. The van der Waals surface area contributed by atoms with Crippen molar-refractivity contribution in [2.75, 3.05) is 19.6 Å². The van der Waals surface area contributed by atoms with Crippen molar-refractivity contribution < 1.29 is 4.52 Å². The average molecular weight is 467 g/mol. The molecule has 1 N–H and O–H groups in total. The predicted octanol–water partition coefficient (Wildman–Crippen LogP) is 3.64. The van der Waals surface area contributed by atoms with E-state index in [1.165, 1.54) is 11.1 Å². The Kier molecular flexibility index (Phi) is 8.08. The second-order valence-corrected chi connectivity index (χ2v) is 6.10. The number of nitrogens with zero attached hydrogens (tertiary/aromatic N) is 4. The number of guanidine groups is 1. The average Bonchev–Trinajstić information content (AvgIpc) is 3.06. The first-order chi connectivity index (χ1) is 12.2. The summed E-state index contributed by atoms with van der Waals surface area (Å²) in [6.45, 7) is 7.08. The van der Waals surface area contributed by atoms with E-state index in [4.69, 9.17) is 4.52 Å². The molecule has 2 aromatic rings. The molecule has 0 atom stereocenters. The highest BCUT2D eigenvalue weighted by molar-refractivity contribution is 14.0. The van der Waals surface area contributed by atoms with E-state index < -0.39 is 0 Å². The largest absolute Gasteiger partial charge is 0.357 e. The number of benzene rings is 1. The highest BCUT2D eigenvalue weighted by Crippen LogP contribution is 2.19. The molecule has 140 valence electrons. The monoisotopic (exact) mass is 467 g/mol. The van der Waals surface area contributed by atoms with Crippen LogP contribution in [-0.4, -0.2) is 40.6 Å². The summed E-state index contributed by atoms with van der Waals surface area (Å²) < 4.78 is 5.00. The molecule has 0 bridgehead atoms. The zero-order valence-electron chi connectivity index (χ0n) is 15.3. The highest BCUT2D eigenvalue weighted by atomic mass is 127. The molecule has 2 heterocycles. The molecule has 3 rings (SSSR count). The van der Waals surface area contributed by atoms with Gasteiger partial charge in [-0.3, -0.25) is 0 Å². The van der Waals surface area contributed by atoms with Crippen LogP contribution in [0, 0.1) is 6.92 Å². The number of aliphatic imine (C=N–C) groups is 1. The van der Waals surface area contributed by atoms with Crippen molar-refractivity contribution >= 4 is 36.0 Å². The van der Waals surface area contributed by atoms with E-state index in [-0.39, 0.29) is 24.0 Å². The first-order valence-electron chi connectivity index (χ1n) is 8.81. The van der Waals surface area contributed by atoms with Crippen LogP contribution >= 0.6 is 24.0 Å². The van der Waals surface area contributed by atoms with Gasteiger partial charge in [0.15, 0.2) is 11.8 Å². The van der Waals surface area contributed by atoms with Gasteiger partial charge in [-0.15, -0.1) is 24.0 Å². The number of likely N-dealkylation sites (tertiary alicyclic amines) is 1. The van der Waals surface area contributed by atoms with E-state index >= 15 is 0 Å². The normalized spacial score (nSPS) is 14.8. The maximum Gasteiger partial charge on any atom is 0.223 e. The number of hydrogen-bond donors (Lipinski definition) is 1. The van der Waals surface area contributed by atoms with Crippen LogP contribution in [0.3, 0.4) is 0 Å². The zero-order chi connectivity index (χ0) is 17.5. The maximum atomic E-state index is 5.00. The molecule has 1 aromatic heterocycles. The summed E-state index contributed by atoms with van der Waals surface area (Å²) in [7, 11) is 0. The molecule has 1 aliphatic heterocycles. The minimum Gasteiger partial charge on any atom is -0.357 e. The summed E-state index contributed by atoms with van der Waals surface area (Å²) in [6.07, 6.45) is 4.42. The first kappa shape index (κ1) is 20.4. The molecule has 26 heavy (non-hydrogen) atoms. The Morgan fingerprint density at radius 1 is 1.27 bits per heavy atom. The van der Waals surface area contributed by atoms with Crippen LogP contribution in [0.15, 0.2) is 45.4 Å². The van der Waals surface area contributed by atoms with Gasteiger partial charge in [0.1, 0.15) is 6.54 Å². The van der Waals surface area contributed by atoms with E-state index in [1.807, 2.05) is 0 Å². The second kappa shape index (κ2) is 10.3.